The van der Waals surface area contributed by atoms with E-state index in [1.807, 2.05) is 72.1 Å². The standard InChI is InChI=1S/C24H45NO3.C20H37NO3.C12H21NO3.C11H19NO3.C10H17NO3/c1-4-5-6-7-8-9-10-11-12-13-14-15-16-17-18-25-20-22(19-23(25)26)24(27)28-21(2)3;1-4-5-6-7-8-9-10-11-12-13-14-21-16-18(15-19(21)22)20(23)24-17(2)3;1-3-5-6-13-9-10(8-11(13)14)12(15)16-7-4-2;1-3-5-12-8-9(7-10(12)13)11(14)15-6-4-2;1-3-5-14-10(13)8-6-9(12)11(4-2)7-8/h21-22H,4-20H2,1-3H3;17-18H,4-16H2,1-3H3;10H,3-9H2,1-2H3;9H,3-8H2,1-2H3;8H,3-7H2,1-2H3. The maximum Gasteiger partial charge on any atom is 0.311 e. The molecule has 562 valence electrons. The molecule has 5 unspecified atom stereocenters. The molecule has 5 saturated heterocycles. The zero-order chi connectivity index (χ0) is 72.2. The largest absolute Gasteiger partial charge is 0.465 e. The van der Waals surface area contributed by atoms with E-state index in [2.05, 4.69) is 20.8 Å². The van der Waals surface area contributed by atoms with E-state index in [1.165, 1.54) is 141 Å². The molecule has 0 aromatic heterocycles. The molecule has 0 saturated carbocycles. The Balaban J connectivity index is 0.000000623. The van der Waals surface area contributed by atoms with Gasteiger partial charge >= 0.3 is 29.8 Å². The van der Waals surface area contributed by atoms with Crippen LogP contribution in [0, 0.1) is 29.6 Å². The predicted octanol–water partition coefficient (Wildman–Crippen LogP) is 14.6. The van der Waals surface area contributed by atoms with Gasteiger partial charge in [-0.2, -0.15) is 0 Å². The van der Waals surface area contributed by atoms with Crippen LogP contribution >= 0.6 is 0 Å². The van der Waals surface area contributed by atoms with Gasteiger partial charge in [0.1, 0.15) is 0 Å². The first-order valence-corrected chi connectivity index (χ1v) is 38.9. The summed E-state index contributed by atoms with van der Waals surface area (Å²) in [5.41, 5.74) is 0. The van der Waals surface area contributed by atoms with Gasteiger partial charge in [0, 0.05) is 97.6 Å². The first-order valence-electron chi connectivity index (χ1n) is 38.9. The molecule has 5 aliphatic heterocycles. The maximum atomic E-state index is 12.1. The summed E-state index contributed by atoms with van der Waals surface area (Å²) in [5, 5.41) is 0. The fourth-order valence-corrected chi connectivity index (χ4v) is 12.3. The number of likely N-dealkylation sites (tertiary alicyclic amines) is 5. The molecule has 20 heteroatoms. The average Bonchev–Trinajstić information content (AvgIpc) is 1.88. The summed E-state index contributed by atoms with van der Waals surface area (Å²) in [6.07, 6.45) is 38.6. The molecule has 97 heavy (non-hydrogen) atoms. The average molecular weight is 1370 g/mol. The molecule has 5 atom stereocenters. The van der Waals surface area contributed by atoms with Gasteiger partial charge in [-0.1, -0.05) is 196 Å². The smallest absolute Gasteiger partial charge is 0.311 e. The van der Waals surface area contributed by atoms with E-state index in [4.69, 9.17) is 23.7 Å². The van der Waals surface area contributed by atoms with E-state index >= 15 is 0 Å². The van der Waals surface area contributed by atoms with Crippen LogP contribution in [0.5, 0.6) is 0 Å². The van der Waals surface area contributed by atoms with Crippen molar-refractivity contribution in [3.8, 4) is 0 Å². The van der Waals surface area contributed by atoms with Crippen LogP contribution in [0.2, 0.25) is 0 Å². The molecule has 0 radical (unpaired) electrons. The van der Waals surface area contributed by atoms with E-state index < -0.39 is 0 Å². The number of esters is 5. The van der Waals surface area contributed by atoms with Gasteiger partial charge in [0.15, 0.2) is 0 Å². The Morgan fingerprint density at radius 2 is 0.515 bits per heavy atom. The van der Waals surface area contributed by atoms with Crippen LogP contribution in [0.1, 0.15) is 308 Å². The van der Waals surface area contributed by atoms with Crippen molar-refractivity contribution in [1.82, 2.24) is 24.5 Å². The molecular weight excluding hydrogens is 1230 g/mol. The van der Waals surface area contributed by atoms with E-state index in [1.54, 1.807) is 14.7 Å². The number of nitrogens with zero attached hydrogens (tertiary/aromatic N) is 5. The van der Waals surface area contributed by atoms with Gasteiger partial charge in [0.25, 0.3) is 0 Å². The number of hydrogen-bond acceptors (Lipinski definition) is 15. The summed E-state index contributed by atoms with van der Waals surface area (Å²) >= 11 is 0. The number of unbranched alkanes of at least 4 members (excludes halogenated alkanes) is 23. The lowest BCUT2D eigenvalue weighted by Gasteiger charge is -2.16. The Bertz CT molecular complexity index is 2190. The van der Waals surface area contributed by atoms with E-state index in [0.717, 1.165) is 77.5 Å². The van der Waals surface area contributed by atoms with Gasteiger partial charge in [-0.05, 0) is 79.6 Å². The summed E-state index contributed by atoms with van der Waals surface area (Å²) in [6.45, 7) is 31.6. The summed E-state index contributed by atoms with van der Waals surface area (Å²) in [5.74, 6) is -1.89. The second-order valence-electron chi connectivity index (χ2n) is 27.9. The van der Waals surface area contributed by atoms with E-state index in [0.29, 0.717) is 91.2 Å². The molecule has 20 nitrogen and oxygen atoms in total. The van der Waals surface area contributed by atoms with Crippen molar-refractivity contribution in [3.05, 3.63) is 0 Å². The van der Waals surface area contributed by atoms with Crippen molar-refractivity contribution in [1.29, 1.82) is 0 Å². The Hall–Kier alpha value is -5.30. The number of amides is 5. The zero-order valence-electron chi connectivity index (χ0n) is 63.3. The first kappa shape index (κ1) is 89.7. The fraction of sp³-hybridized carbons (Fsp3) is 0.870. The second-order valence-corrected chi connectivity index (χ2v) is 27.9. The fourth-order valence-electron chi connectivity index (χ4n) is 12.3. The zero-order valence-corrected chi connectivity index (χ0v) is 63.3. The van der Waals surface area contributed by atoms with Gasteiger partial charge in [-0.25, -0.2) is 0 Å². The highest BCUT2D eigenvalue weighted by atomic mass is 16.6. The molecule has 0 aromatic rings. The molecule has 0 bridgehead atoms. The van der Waals surface area contributed by atoms with Crippen LogP contribution in [0.15, 0.2) is 0 Å². The number of rotatable bonds is 45. The molecule has 0 aliphatic carbocycles. The Morgan fingerprint density at radius 3 is 0.753 bits per heavy atom. The van der Waals surface area contributed by atoms with Crippen molar-refractivity contribution < 1.29 is 71.6 Å². The highest BCUT2D eigenvalue weighted by Crippen LogP contribution is 2.25. The van der Waals surface area contributed by atoms with Crippen LogP contribution in [0.4, 0.5) is 0 Å². The topological polar surface area (TPSA) is 233 Å². The van der Waals surface area contributed by atoms with Gasteiger partial charge in [0.2, 0.25) is 29.5 Å². The third-order valence-corrected chi connectivity index (χ3v) is 18.0. The molecule has 5 aliphatic rings. The number of carbonyl (C=O) groups is 10. The Kier molecular flexibility index (Phi) is 52.2. The van der Waals surface area contributed by atoms with Gasteiger partial charge in [0.05, 0.1) is 61.6 Å². The van der Waals surface area contributed by atoms with E-state index in [-0.39, 0.29) is 101 Å². The lowest BCUT2D eigenvalue weighted by atomic mass is 10.0. The van der Waals surface area contributed by atoms with Crippen LogP contribution in [-0.4, -0.2) is 181 Å². The maximum absolute atomic E-state index is 12.1. The Morgan fingerprint density at radius 1 is 0.289 bits per heavy atom. The number of ether oxygens (including phenoxy) is 5. The summed E-state index contributed by atoms with van der Waals surface area (Å²) in [4.78, 5) is 126. The van der Waals surface area contributed by atoms with Crippen LogP contribution in [-0.2, 0) is 71.6 Å². The van der Waals surface area contributed by atoms with Crippen molar-refractivity contribution >= 4 is 59.4 Å². The van der Waals surface area contributed by atoms with Gasteiger partial charge < -0.3 is 48.2 Å². The first-order chi connectivity index (χ1) is 46.6. The lowest BCUT2D eigenvalue weighted by molar-refractivity contribution is -0.153. The molecular formula is C77H139N5O15. The van der Waals surface area contributed by atoms with Crippen molar-refractivity contribution in [2.24, 2.45) is 29.6 Å². The van der Waals surface area contributed by atoms with Crippen LogP contribution in [0.3, 0.4) is 0 Å². The minimum atomic E-state index is -0.262. The Labute approximate surface area is 587 Å². The van der Waals surface area contributed by atoms with Crippen molar-refractivity contribution in [2.75, 3.05) is 85.3 Å². The van der Waals surface area contributed by atoms with Gasteiger partial charge in [-0.3, -0.25) is 47.9 Å². The molecule has 0 aromatic carbocycles. The second kappa shape index (κ2) is 56.5. The molecule has 5 heterocycles. The highest BCUT2D eigenvalue weighted by molar-refractivity contribution is 5.89. The summed E-state index contributed by atoms with van der Waals surface area (Å²) in [7, 11) is 0. The monoisotopic (exact) mass is 1370 g/mol. The SMILES string of the molecule is CCCCCCCCCCCCCCCCN1CC(C(=O)OC(C)C)CC1=O.CCCCCCCCCCCCN1CC(C(=O)OC(C)C)CC1=O.CCCCN1CC(C(=O)OCCC)CC1=O.CCCOC(=O)C1CC(=O)N(CC)C1.CCCOC(=O)C1CC(=O)N(CCC)C1. The number of carbonyl (C=O) groups excluding carboxylic acids is 10. The molecule has 5 rings (SSSR count). The molecule has 5 amide bonds. The minimum absolute atomic E-state index is 0.0611. The van der Waals surface area contributed by atoms with Gasteiger partial charge in [-0.15, -0.1) is 0 Å². The summed E-state index contributed by atoms with van der Waals surface area (Å²) in [6, 6.07) is 0. The number of hydrogen-bond donors (Lipinski definition) is 0. The minimum Gasteiger partial charge on any atom is -0.465 e. The third-order valence-electron chi connectivity index (χ3n) is 18.0. The summed E-state index contributed by atoms with van der Waals surface area (Å²) < 4.78 is 25.5. The van der Waals surface area contributed by atoms with Crippen LogP contribution in [0.25, 0.3) is 0 Å². The highest BCUT2D eigenvalue weighted by Gasteiger charge is 2.39. The van der Waals surface area contributed by atoms with Crippen molar-refractivity contribution in [3.63, 3.8) is 0 Å². The molecule has 0 N–H and O–H groups in total. The predicted molar refractivity (Wildman–Crippen MR) is 383 cm³/mol. The van der Waals surface area contributed by atoms with Crippen molar-refractivity contribution in [2.45, 2.75) is 320 Å². The third kappa shape index (κ3) is 41.1. The van der Waals surface area contributed by atoms with E-state index in [9.17, 15) is 47.9 Å². The molecule has 0 spiro atoms. The quantitative estimate of drug-likeness (QED) is 0.0313. The lowest BCUT2D eigenvalue weighted by Crippen LogP contribution is -2.28. The molecule has 5 fully saturated rings. The van der Waals surface area contributed by atoms with Crippen LogP contribution < -0.4 is 0 Å². The normalized spacial score (nSPS) is 18.9.